The van der Waals surface area contributed by atoms with Crippen molar-refractivity contribution >= 4 is 17.5 Å². The molecule has 0 aromatic carbocycles. The highest BCUT2D eigenvalue weighted by Gasteiger charge is 2.25. The van der Waals surface area contributed by atoms with Crippen LogP contribution in [0.5, 0.6) is 0 Å². The third-order valence-corrected chi connectivity index (χ3v) is 2.47. The van der Waals surface area contributed by atoms with Crippen molar-refractivity contribution < 1.29 is 10.0 Å². The predicted octanol–water partition coefficient (Wildman–Crippen LogP) is 0.538. The number of nitrogens with zero attached hydrogens (tertiary/aromatic N) is 3. The molecule has 0 spiro atoms. The zero-order valence-corrected chi connectivity index (χ0v) is 9.84. The maximum Gasteiger partial charge on any atom is 0.329 e. The zero-order chi connectivity index (χ0) is 13.2. The van der Waals surface area contributed by atoms with Crippen LogP contribution in [-0.2, 0) is 0 Å². The Kier molecular flexibility index (Phi) is 3.47. The molecule has 0 radical (unpaired) electrons. The summed E-state index contributed by atoms with van der Waals surface area (Å²) in [6.45, 7) is 5.11. The van der Waals surface area contributed by atoms with E-state index in [1.54, 1.807) is 20.8 Å². The molecular weight excluding hydrogens is 226 g/mol. The molecule has 8 heteroatoms. The molecule has 4 N–H and O–H groups in total. The Morgan fingerprint density at radius 1 is 1.65 bits per heavy atom. The lowest BCUT2D eigenvalue weighted by molar-refractivity contribution is -0.384. The van der Waals surface area contributed by atoms with Gasteiger partial charge in [0.15, 0.2) is 0 Å². The number of nitrogens with two attached hydrogens (primary N) is 1. The van der Waals surface area contributed by atoms with Crippen LogP contribution in [0.4, 0.5) is 17.5 Å². The van der Waals surface area contributed by atoms with Crippen LogP contribution in [0.25, 0.3) is 0 Å². The van der Waals surface area contributed by atoms with Crippen LogP contribution < -0.4 is 11.1 Å². The molecule has 1 unspecified atom stereocenters. The number of hydrogen-bond donors (Lipinski definition) is 3. The van der Waals surface area contributed by atoms with E-state index in [4.69, 9.17) is 5.73 Å². The Balaban J connectivity index is 2.96. The first kappa shape index (κ1) is 13.1. The van der Waals surface area contributed by atoms with Crippen LogP contribution in [0, 0.1) is 10.1 Å². The lowest BCUT2D eigenvalue weighted by Crippen LogP contribution is -2.42. The average Bonchev–Trinajstić information content (AvgIpc) is 2.15. The van der Waals surface area contributed by atoms with Crippen molar-refractivity contribution in [2.24, 2.45) is 0 Å². The predicted molar refractivity (Wildman–Crippen MR) is 62.5 cm³/mol. The van der Waals surface area contributed by atoms with Gasteiger partial charge in [0.2, 0.25) is 11.8 Å². The summed E-state index contributed by atoms with van der Waals surface area (Å²) in [7, 11) is 0. The highest BCUT2D eigenvalue weighted by Crippen LogP contribution is 2.21. The molecule has 0 aliphatic heterocycles. The standard InChI is InChI=1S/C9H15N5O3/c1-5(15)9(2,3)13-8-11-4-6(14(16)17)7(10)12-8/h4-5,15H,1-3H3,(H3,10,11,12,13). The number of aliphatic hydroxyl groups excluding tert-OH is 1. The van der Waals surface area contributed by atoms with Crippen molar-refractivity contribution in [2.45, 2.75) is 32.4 Å². The number of aliphatic hydroxyl groups is 1. The molecule has 94 valence electrons. The third kappa shape index (κ3) is 3.00. The van der Waals surface area contributed by atoms with E-state index in [-0.39, 0.29) is 17.5 Å². The Bertz CT molecular complexity index is 433. The summed E-state index contributed by atoms with van der Waals surface area (Å²) < 4.78 is 0. The summed E-state index contributed by atoms with van der Waals surface area (Å²) in [6.07, 6.45) is 0.380. The molecule has 1 aromatic rings. The van der Waals surface area contributed by atoms with Crippen molar-refractivity contribution in [3.8, 4) is 0 Å². The van der Waals surface area contributed by atoms with Gasteiger partial charge in [0.1, 0.15) is 6.20 Å². The molecule has 0 bridgehead atoms. The van der Waals surface area contributed by atoms with Gasteiger partial charge in [0, 0.05) is 0 Å². The topological polar surface area (TPSA) is 127 Å². The van der Waals surface area contributed by atoms with Gasteiger partial charge in [-0.1, -0.05) is 0 Å². The first-order chi connectivity index (χ1) is 7.74. The number of hydrogen-bond acceptors (Lipinski definition) is 7. The second-order valence-electron chi connectivity index (χ2n) is 4.24. The molecule has 0 aliphatic carbocycles. The molecule has 17 heavy (non-hydrogen) atoms. The molecule has 0 amide bonds. The smallest absolute Gasteiger partial charge is 0.329 e. The fraction of sp³-hybridized carbons (Fsp3) is 0.556. The van der Waals surface area contributed by atoms with Gasteiger partial charge in [-0.05, 0) is 20.8 Å². The van der Waals surface area contributed by atoms with Crippen LogP contribution in [0.3, 0.4) is 0 Å². The minimum absolute atomic E-state index is 0.138. The second-order valence-corrected chi connectivity index (χ2v) is 4.24. The van der Waals surface area contributed by atoms with Gasteiger partial charge in [-0.2, -0.15) is 4.98 Å². The van der Waals surface area contributed by atoms with Crippen LogP contribution >= 0.6 is 0 Å². The van der Waals surface area contributed by atoms with Gasteiger partial charge in [0.05, 0.1) is 16.6 Å². The van der Waals surface area contributed by atoms with Gasteiger partial charge >= 0.3 is 5.69 Å². The summed E-state index contributed by atoms with van der Waals surface area (Å²) in [4.78, 5) is 17.4. The SMILES string of the molecule is CC(O)C(C)(C)Nc1ncc([N+](=O)[O-])c(N)n1. The van der Waals surface area contributed by atoms with Gasteiger partial charge in [-0.25, -0.2) is 4.98 Å². The highest BCUT2D eigenvalue weighted by atomic mass is 16.6. The van der Waals surface area contributed by atoms with Crippen molar-refractivity contribution in [3.05, 3.63) is 16.3 Å². The first-order valence-corrected chi connectivity index (χ1v) is 4.97. The normalized spacial score (nSPS) is 13.2. The molecule has 1 rings (SSSR count). The lowest BCUT2D eigenvalue weighted by atomic mass is 9.99. The number of nitrogens with one attached hydrogen (secondary N) is 1. The van der Waals surface area contributed by atoms with Gasteiger partial charge in [-0.3, -0.25) is 10.1 Å². The van der Waals surface area contributed by atoms with E-state index in [0.29, 0.717) is 0 Å². The zero-order valence-electron chi connectivity index (χ0n) is 9.84. The minimum Gasteiger partial charge on any atom is -0.391 e. The van der Waals surface area contributed by atoms with E-state index < -0.39 is 16.6 Å². The minimum atomic E-state index is -0.664. The summed E-state index contributed by atoms with van der Waals surface area (Å²) in [5.41, 5.74) is 4.42. The molecule has 8 nitrogen and oxygen atoms in total. The molecule has 0 fully saturated rings. The largest absolute Gasteiger partial charge is 0.391 e. The quantitative estimate of drug-likeness (QED) is 0.518. The molecule has 1 atom stereocenters. The molecule has 1 aromatic heterocycles. The number of rotatable bonds is 4. The van der Waals surface area contributed by atoms with Crippen LogP contribution in [0.2, 0.25) is 0 Å². The van der Waals surface area contributed by atoms with E-state index >= 15 is 0 Å². The van der Waals surface area contributed by atoms with E-state index in [9.17, 15) is 15.2 Å². The Hall–Kier alpha value is -1.96. The van der Waals surface area contributed by atoms with Crippen LogP contribution in [0.15, 0.2) is 6.20 Å². The summed E-state index contributed by atoms with van der Waals surface area (Å²) in [5.74, 6) is -0.0760. The molecule has 1 heterocycles. The van der Waals surface area contributed by atoms with E-state index in [1.807, 2.05) is 0 Å². The maximum atomic E-state index is 10.5. The number of anilines is 2. The number of nitrogen functional groups attached to an aromatic ring is 1. The van der Waals surface area contributed by atoms with Crippen molar-refractivity contribution in [2.75, 3.05) is 11.1 Å². The van der Waals surface area contributed by atoms with Crippen molar-refractivity contribution in [1.82, 2.24) is 9.97 Å². The third-order valence-electron chi connectivity index (χ3n) is 2.47. The Labute approximate surface area is 98.0 Å². The average molecular weight is 241 g/mol. The van der Waals surface area contributed by atoms with Gasteiger partial charge in [0.25, 0.3) is 0 Å². The second kappa shape index (κ2) is 4.50. The number of nitro groups is 1. The first-order valence-electron chi connectivity index (χ1n) is 4.97. The fourth-order valence-corrected chi connectivity index (χ4v) is 0.982. The summed E-state index contributed by atoms with van der Waals surface area (Å²) in [6, 6.07) is 0. The Morgan fingerprint density at radius 3 is 2.65 bits per heavy atom. The summed E-state index contributed by atoms with van der Waals surface area (Å²) >= 11 is 0. The molecule has 0 saturated heterocycles. The van der Waals surface area contributed by atoms with E-state index in [2.05, 4.69) is 15.3 Å². The fourth-order valence-electron chi connectivity index (χ4n) is 0.982. The highest BCUT2D eigenvalue weighted by molar-refractivity contribution is 5.53. The van der Waals surface area contributed by atoms with Crippen molar-refractivity contribution in [1.29, 1.82) is 0 Å². The number of aromatic nitrogens is 2. The van der Waals surface area contributed by atoms with Crippen molar-refractivity contribution in [3.63, 3.8) is 0 Å². The van der Waals surface area contributed by atoms with Crippen LogP contribution in [0.1, 0.15) is 20.8 Å². The maximum absolute atomic E-state index is 10.5. The Morgan fingerprint density at radius 2 is 2.24 bits per heavy atom. The van der Waals surface area contributed by atoms with Gasteiger partial charge in [-0.15, -0.1) is 0 Å². The molecular formula is C9H15N5O3. The molecule has 0 saturated carbocycles. The van der Waals surface area contributed by atoms with Crippen LogP contribution in [-0.4, -0.2) is 31.6 Å². The van der Waals surface area contributed by atoms with Gasteiger partial charge < -0.3 is 16.2 Å². The van der Waals surface area contributed by atoms with E-state index in [0.717, 1.165) is 6.20 Å². The molecule has 0 aliphatic rings. The summed E-state index contributed by atoms with van der Waals surface area (Å²) in [5, 5.41) is 22.9. The van der Waals surface area contributed by atoms with E-state index in [1.165, 1.54) is 0 Å². The lowest BCUT2D eigenvalue weighted by Gasteiger charge is -2.29. The monoisotopic (exact) mass is 241 g/mol.